The summed E-state index contributed by atoms with van der Waals surface area (Å²) in [6, 6.07) is 13.2. The van der Waals surface area contributed by atoms with Gasteiger partial charge < -0.3 is 10.6 Å². The molecule has 5 nitrogen and oxygen atoms in total. The average Bonchev–Trinajstić information content (AvgIpc) is 3.02. The summed E-state index contributed by atoms with van der Waals surface area (Å²) in [5.74, 6) is 0.0414. The summed E-state index contributed by atoms with van der Waals surface area (Å²) in [4.78, 5) is 18.5. The number of rotatable bonds is 5. The molecule has 0 radical (unpaired) electrons. The predicted octanol–water partition coefficient (Wildman–Crippen LogP) is 2.40. The number of benzene rings is 1. The average molecular weight is 364 g/mol. The first kappa shape index (κ1) is 18.1. The van der Waals surface area contributed by atoms with E-state index < -0.39 is 0 Å². The fourth-order valence-corrected chi connectivity index (χ4v) is 4.74. The molecule has 2 aliphatic rings. The van der Waals surface area contributed by atoms with Crippen molar-refractivity contribution in [1.29, 1.82) is 0 Å². The van der Waals surface area contributed by atoms with Crippen molar-refractivity contribution in [2.45, 2.75) is 37.3 Å². The number of likely N-dealkylation sites (N-methyl/N-ethyl adjacent to an activating group) is 1. The molecule has 1 unspecified atom stereocenters. The molecule has 1 aromatic carbocycles. The van der Waals surface area contributed by atoms with Gasteiger partial charge in [-0.3, -0.25) is 14.7 Å². The highest BCUT2D eigenvalue weighted by molar-refractivity contribution is 5.77. The van der Waals surface area contributed by atoms with Crippen LogP contribution in [0.1, 0.15) is 42.0 Å². The van der Waals surface area contributed by atoms with Gasteiger partial charge in [0, 0.05) is 32.0 Å². The summed E-state index contributed by atoms with van der Waals surface area (Å²) in [7, 11) is 1.69. The number of hydrogen-bond acceptors (Lipinski definition) is 4. The van der Waals surface area contributed by atoms with Gasteiger partial charge in [-0.2, -0.15) is 0 Å². The van der Waals surface area contributed by atoms with E-state index in [1.165, 1.54) is 29.5 Å². The standard InChI is InChI=1S/C22H28N4O/c1-23-21(27)15-25-20-13-22(19-7-3-2-6-18(19)20)8-11-26(12-9-22)16-17-5-4-10-24-14-17/h2-7,10,14,20,25H,8-9,11-13,15-16H2,1H3,(H,23,27). The first-order valence-electron chi connectivity index (χ1n) is 9.85. The molecule has 4 rings (SSSR count). The van der Waals surface area contributed by atoms with Gasteiger partial charge >= 0.3 is 0 Å². The molecule has 1 aliphatic carbocycles. The fourth-order valence-electron chi connectivity index (χ4n) is 4.74. The third-order valence-corrected chi connectivity index (χ3v) is 6.23. The molecule has 2 N–H and O–H groups in total. The minimum absolute atomic E-state index is 0.0414. The number of carbonyl (C=O) groups excluding carboxylic acids is 1. The van der Waals surface area contributed by atoms with Crippen LogP contribution in [0.25, 0.3) is 0 Å². The lowest BCUT2D eigenvalue weighted by molar-refractivity contribution is -0.119. The second-order valence-corrected chi connectivity index (χ2v) is 7.82. The molecule has 1 fully saturated rings. The molecule has 142 valence electrons. The molecule has 0 bridgehead atoms. The van der Waals surface area contributed by atoms with Crippen LogP contribution in [0.2, 0.25) is 0 Å². The molecule has 1 aromatic heterocycles. The zero-order valence-electron chi connectivity index (χ0n) is 15.9. The smallest absolute Gasteiger partial charge is 0.233 e. The second kappa shape index (κ2) is 7.79. The zero-order chi connectivity index (χ0) is 18.7. The SMILES string of the molecule is CNC(=O)CNC1CC2(CCN(Cc3cccnc3)CC2)c2ccccc21. The van der Waals surface area contributed by atoms with Crippen molar-refractivity contribution in [2.24, 2.45) is 0 Å². The van der Waals surface area contributed by atoms with Gasteiger partial charge in [-0.15, -0.1) is 0 Å². The van der Waals surface area contributed by atoms with Gasteiger partial charge in [0.15, 0.2) is 0 Å². The van der Waals surface area contributed by atoms with Crippen molar-refractivity contribution in [2.75, 3.05) is 26.7 Å². The van der Waals surface area contributed by atoms with Crippen molar-refractivity contribution in [3.63, 3.8) is 0 Å². The van der Waals surface area contributed by atoms with Gasteiger partial charge in [0.25, 0.3) is 0 Å². The number of nitrogens with one attached hydrogen (secondary N) is 2. The number of carbonyl (C=O) groups is 1. The van der Waals surface area contributed by atoms with Crippen LogP contribution in [0, 0.1) is 0 Å². The van der Waals surface area contributed by atoms with Crippen molar-refractivity contribution in [3.8, 4) is 0 Å². The predicted molar refractivity (Wildman–Crippen MR) is 106 cm³/mol. The van der Waals surface area contributed by atoms with E-state index in [2.05, 4.69) is 50.8 Å². The van der Waals surface area contributed by atoms with Crippen molar-refractivity contribution in [3.05, 3.63) is 65.5 Å². The number of amides is 1. The lowest BCUT2D eigenvalue weighted by Gasteiger charge is -2.40. The van der Waals surface area contributed by atoms with E-state index >= 15 is 0 Å². The molecule has 1 aliphatic heterocycles. The summed E-state index contributed by atoms with van der Waals surface area (Å²) in [6.07, 6.45) is 7.22. The Morgan fingerprint density at radius 2 is 2.04 bits per heavy atom. The van der Waals surface area contributed by atoms with Crippen LogP contribution in [-0.4, -0.2) is 42.5 Å². The van der Waals surface area contributed by atoms with E-state index in [9.17, 15) is 4.79 Å². The van der Waals surface area contributed by atoms with Crippen molar-refractivity contribution in [1.82, 2.24) is 20.5 Å². The third kappa shape index (κ3) is 3.75. The highest BCUT2D eigenvalue weighted by atomic mass is 16.1. The van der Waals surface area contributed by atoms with Crippen LogP contribution in [-0.2, 0) is 16.8 Å². The Morgan fingerprint density at radius 3 is 2.78 bits per heavy atom. The number of nitrogens with zero attached hydrogens (tertiary/aromatic N) is 2. The van der Waals surface area contributed by atoms with E-state index in [0.29, 0.717) is 6.54 Å². The largest absolute Gasteiger partial charge is 0.358 e. The number of fused-ring (bicyclic) bond motifs is 2. The molecule has 1 spiro atoms. The maximum atomic E-state index is 11.7. The summed E-state index contributed by atoms with van der Waals surface area (Å²) in [5.41, 5.74) is 4.38. The Kier molecular flexibility index (Phi) is 5.23. The number of aromatic nitrogens is 1. The highest BCUT2D eigenvalue weighted by Gasteiger charge is 2.45. The molecule has 1 atom stereocenters. The Hall–Kier alpha value is -2.24. The van der Waals surface area contributed by atoms with Crippen LogP contribution in [0.5, 0.6) is 0 Å². The van der Waals surface area contributed by atoms with E-state index in [0.717, 1.165) is 26.1 Å². The van der Waals surface area contributed by atoms with Gasteiger partial charge in [-0.25, -0.2) is 0 Å². The monoisotopic (exact) mass is 364 g/mol. The van der Waals surface area contributed by atoms with Crippen molar-refractivity contribution < 1.29 is 4.79 Å². The molecular weight excluding hydrogens is 336 g/mol. The van der Waals surface area contributed by atoms with Crippen LogP contribution in [0.4, 0.5) is 0 Å². The van der Waals surface area contributed by atoms with Gasteiger partial charge in [0.1, 0.15) is 0 Å². The van der Waals surface area contributed by atoms with E-state index in [1.807, 2.05) is 18.5 Å². The number of pyridine rings is 1. The third-order valence-electron chi connectivity index (χ3n) is 6.23. The molecule has 0 saturated carbocycles. The number of likely N-dealkylation sites (tertiary alicyclic amines) is 1. The summed E-state index contributed by atoms with van der Waals surface area (Å²) in [5, 5.41) is 6.18. The zero-order valence-corrected chi connectivity index (χ0v) is 15.9. The first-order chi connectivity index (χ1) is 13.2. The lowest BCUT2D eigenvalue weighted by Crippen LogP contribution is -2.42. The quantitative estimate of drug-likeness (QED) is 0.855. The lowest BCUT2D eigenvalue weighted by atomic mass is 9.73. The fraction of sp³-hybridized carbons (Fsp3) is 0.455. The highest BCUT2D eigenvalue weighted by Crippen LogP contribution is 2.50. The summed E-state index contributed by atoms with van der Waals surface area (Å²) < 4.78 is 0. The topological polar surface area (TPSA) is 57.3 Å². The normalized spacial score (nSPS) is 21.1. The molecule has 1 saturated heterocycles. The molecule has 1 amide bonds. The summed E-state index contributed by atoms with van der Waals surface area (Å²) >= 11 is 0. The number of hydrogen-bond donors (Lipinski definition) is 2. The Balaban J connectivity index is 1.45. The number of piperidine rings is 1. The minimum Gasteiger partial charge on any atom is -0.358 e. The van der Waals surface area contributed by atoms with E-state index in [4.69, 9.17) is 0 Å². The first-order valence-corrected chi connectivity index (χ1v) is 9.85. The van der Waals surface area contributed by atoms with Gasteiger partial charge in [0.05, 0.1) is 6.54 Å². The molecular formula is C22H28N4O. The molecule has 27 heavy (non-hydrogen) atoms. The van der Waals surface area contributed by atoms with Crippen LogP contribution in [0.15, 0.2) is 48.8 Å². The van der Waals surface area contributed by atoms with Crippen LogP contribution < -0.4 is 10.6 Å². The minimum atomic E-state index is 0.0414. The van der Waals surface area contributed by atoms with Gasteiger partial charge in [-0.1, -0.05) is 30.3 Å². The van der Waals surface area contributed by atoms with E-state index in [-0.39, 0.29) is 17.4 Å². The van der Waals surface area contributed by atoms with E-state index in [1.54, 1.807) is 7.05 Å². The van der Waals surface area contributed by atoms with Crippen LogP contribution >= 0.6 is 0 Å². The van der Waals surface area contributed by atoms with Crippen molar-refractivity contribution >= 4 is 5.91 Å². The Morgan fingerprint density at radius 1 is 1.22 bits per heavy atom. The maximum Gasteiger partial charge on any atom is 0.233 e. The van der Waals surface area contributed by atoms with Gasteiger partial charge in [0.2, 0.25) is 5.91 Å². The maximum absolute atomic E-state index is 11.7. The van der Waals surface area contributed by atoms with Gasteiger partial charge in [-0.05, 0) is 60.5 Å². The summed E-state index contributed by atoms with van der Waals surface area (Å²) in [6.45, 7) is 3.55. The molecule has 5 heteroatoms. The second-order valence-electron chi connectivity index (χ2n) is 7.82. The van der Waals surface area contributed by atoms with Crippen LogP contribution in [0.3, 0.4) is 0 Å². The Bertz CT molecular complexity index is 784. The Labute approximate surface area is 161 Å². The molecule has 2 heterocycles. The molecule has 2 aromatic rings.